The van der Waals surface area contributed by atoms with Crippen LogP contribution in [0.25, 0.3) is 0 Å². The Labute approximate surface area is 179 Å². The van der Waals surface area contributed by atoms with Crippen LogP contribution in [0.15, 0.2) is 54.6 Å². The maximum atomic E-state index is 11.4. The molecule has 0 aliphatic rings. The lowest BCUT2D eigenvalue weighted by Crippen LogP contribution is -2.25. The number of aromatic hydroxyl groups is 3. The van der Waals surface area contributed by atoms with E-state index in [9.17, 15) is 45.7 Å². The summed E-state index contributed by atoms with van der Waals surface area (Å²) in [7, 11) is 0. The smallest absolute Gasteiger partial charge is 0.311 e. The lowest BCUT2D eigenvalue weighted by atomic mass is 9.70. The van der Waals surface area contributed by atoms with Crippen LogP contribution >= 0.6 is 0 Å². The van der Waals surface area contributed by atoms with Crippen LogP contribution in [0.1, 0.15) is 23.6 Å². The number of nitro benzene ring substituents is 3. The van der Waals surface area contributed by atoms with Gasteiger partial charge < -0.3 is 15.3 Å². The molecule has 3 aromatic rings. The molecule has 3 aromatic carbocycles. The maximum absolute atomic E-state index is 11.4. The van der Waals surface area contributed by atoms with Crippen molar-refractivity contribution < 1.29 is 30.1 Å². The third kappa shape index (κ3) is 3.60. The van der Waals surface area contributed by atoms with Gasteiger partial charge in [-0.05, 0) is 41.8 Å². The SMILES string of the molecule is CC(c1ccc(O)c([N+](=O)[O-])c1)(c1ccc(O)c([N+](=O)[O-])c1)c1ccc(O)c([N+](=O)[O-])c1. The molecule has 0 saturated carbocycles. The molecule has 0 aliphatic heterocycles. The summed E-state index contributed by atoms with van der Waals surface area (Å²) in [5, 5.41) is 63.6. The minimum atomic E-state index is -1.46. The second-order valence-corrected chi connectivity index (χ2v) is 7.01. The summed E-state index contributed by atoms with van der Waals surface area (Å²) in [5.41, 5.74) is -2.89. The average molecular weight is 441 g/mol. The quantitative estimate of drug-likeness (QED) is 0.289. The number of nitro groups is 3. The summed E-state index contributed by atoms with van der Waals surface area (Å²) < 4.78 is 0. The van der Waals surface area contributed by atoms with E-state index in [4.69, 9.17) is 0 Å². The first kappa shape index (κ1) is 22.0. The van der Waals surface area contributed by atoms with Gasteiger partial charge in [0, 0.05) is 23.6 Å². The fourth-order valence-corrected chi connectivity index (χ4v) is 3.44. The molecule has 3 rings (SSSR count). The third-order valence-electron chi connectivity index (χ3n) is 5.25. The zero-order chi connectivity index (χ0) is 23.8. The highest BCUT2D eigenvalue weighted by Crippen LogP contribution is 2.45. The van der Waals surface area contributed by atoms with Crippen LogP contribution in [0.3, 0.4) is 0 Å². The van der Waals surface area contributed by atoms with E-state index in [0.717, 1.165) is 36.4 Å². The van der Waals surface area contributed by atoms with E-state index in [1.54, 1.807) is 0 Å². The van der Waals surface area contributed by atoms with Crippen LogP contribution in [0.2, 0.25) is 0 Å². The van der Waals surface area contributed by atoms with Crippen LogP contribution in [0.4, 0.5) is 17.1 Å². The molecule has 0 atom stereocenters. The van der Waals surface area contributed by atoms with Crippen molar-refractivity contribution >= 4 is 17.1 Å². The van der Waals surface area contributed by atoms with E-state index in [2.05, 4.69) is 0 Å². The number of benzene rings is 3. The normalized spacial score (nSPS) is 11.2. The Hall–Kier alpha value is -4.74. The van der Waals surface area contributed by atoms with Gasteiger partial charge in [0.05, 0.1) is 14.8 Å². The maximum Gasteiger partial charge on any atom is 0.311 e. The van der Waals surface area contributed by atoms with Crippen LogP contribution < -0.4 is 0 Å². The zero-order valence-electron chi connectivity index (χ0n) is 16.3. The number of rotatable bonds is 6. The molecule has 164 valence electrons. The summed E-state index contributed by atoms with van der Waals surface area (Å²) in [5.74, 6) is -1.85. The van der Waals surface area contributed by atoms with Crippen LogP contribution in [0, 0.1) is 30.3 Å². The Morgan fingerprint density at radius 3 is 1.06 bits per heavy atom. The molecule has 0 unspecified atom stereocenters. The monoisotopic (exact) mass is 441 g/mol. The van der Waals surface area contributed by atoms with Gasteiger partial charge in [0.25, 0.3) is 0 Å². The minimum Gasteiger partial charge on any atom is -0.502 e. The highest BCUT2D eigenvalue weighted by Gasteiger charge is 2.36. The fourth-order valence-electron chi connectivity index (χ4n) is 3.44. The first-order chi connectivity index (χ1) is 15.0. The van der Waals surface area contributed by atoms with Gasteiger partial charge in [-0.25, -0.2) is 0 Å². The minimum absolute atomic E-state index is 0.168. The molecule has 0 fully saturated rings. The van der Waals surface area contributed by atoms with Crippen molar-refractivity contribution in [3.8, 4) is 17.2 Å². The van der Waals surface area contributed by atoms with E-state index in [-0.39, 0.29) is 16.7 Å². The molecular formula is C20H15N3O9. The topological polar surface area (TPSA) is 190 Å². The molecule has 0 saturated heterocycles. The Morgan fingerprint density at radius 1 is 0.594 bits per heavy atom. The summed E-state index contributed by atoms with van der Waals surface area (Å²) in [4.78, 5) is 31.6. The van der Waals surface area contributed by atoms with Crippen molar-refractivity contribution in [3.05, 3.63) is 102 Å². The van der Waals surface area contributed by atoms with Crippen molar-refractivity contribution in [3.63, 3.8) is 0 Å². The van der Waals surface area contributed by atoms with Crippen molar-refractivity contribution in [2.45, 2.75) is 12.3 Å². The molecule has 0 aliphatic carbocycles. The van der Waals surface area contributed by atoms with Gasteiger partial charge >= 0.3 is 17.1 Å². The molecule has 12 nitrogen and oxygen atoms in total. The molecule has 0 spiro atoms. The van der Waals surface area contributed by atoms with Crippen LogP contribution in [-0.4, -0.2) is 30.1 Å². The first-order valence-corrected chi connectivity index (χ1v) is 8.90. The van der Waals surface area contributed by atoms with Gasteiger partial charge in [-0.3, -0.25) is 30.3 Å². The lowest BCUT2D eigenvalue weighted by Gasteiger charge is -2.31. The Bertz CT molecular complexity index is 1120. The average Bonchev–Trinajstić information content (AvgIpc) is 2.73. The van der Waals surface area contributed by atoms with Gasteiger partial charge in [-0.1, -0.05) is 18.2 Å². The zero-order valence-corrected chi connectivity index (χ0v) is 16.3. The molecule has 0 radical (unpaired) electrons. The molecule has 0 heterocycles. The molecule has 32 heavy (non-hydrogen) atoms. The van der Waals surface area contributed by atoms with E-state index in [1.165, 1.54) is 25.1 Å². The summed E-state index contributed by atoms with van der Waals surface area (Å²) in [6.07, 6.45) is 0. The second-order valence-electron chi connectivity index (χ2n) is 7.01. The van der Waals surface area contributed by atoms with Crippen LogP contribution in [-0.2, 0) is 5.41 Å². The van der Waals surface area contributed by atoms with Crippen molar-refractivity contribution in [2.75, 3.05) is 0 Å². The van der Waals surface area contributed by atoms with Crippen LogP contribution in [0.5, 0.6) is 17.2 Å². The molecule has 0 amide bonds. The number of phenolic OH excluding ortho intramolecular Hbond substituents is 3. The number of hydrogen-bond donors (Lipinski definition) is 3. The van der Waals surface area contributed by atoms with Gasteiger partial charge in [0.1, 0.15) is 0 Å². The van der Waals surface area contributed by atoms with Gasteiger partial charge in [-0.15, -0.1) is 0 Å². The lowest BCUT2D eigenvalue weighted by molar-refractivity contribution is -0.386. The second kappa shape index (κ2) is 7.83. The first-order valence-electron chi connectivity index (χ1n) is 8.90. The number of hydrogen-bond acceptors (Lipinski definition) is 9. The Balaban J connectivity index is 2.40. The number of nitrogens with zero attached hydrogens (tertiary/aromatic N) is 3. The van der Waals surface area contributed by atoms with E-state index in [0.29, 0.717) is 0 Å². The summed E-state index contributed by atoms with van der Waals surface area (Å²) in [6, 6.07) is 10.3. The summed E-state index contributed by atoms with van der Waals surface area (Å²) >= 11 is 0. The predicted molar refractivity (Wildman–Crippen MR) is 110 cm³/mol. The van der Waals surface area contributed by atoms with Gasteiger partial charge in [0.2, 0.25) is 0 Å². The van der Waals surface area contributed by atoms with Gasteiger partial charge in [-0.2, -0.15) is 0 Å². The Morgan fingerprint density at radius 2 is 0.844 bits per heavy atom. The third-order valence-corrected chi connectivity index (χ3v) is 5.25. The molecule has 0 bridgehead atoms. The van der Waals surface area contributed by atoms with Crippen molar-refractivity contribution in [1.82, 2.24) is 0 Å². The van der Waals surface area contributed by atoms with E-state index >= 15 is 0 Å². The largest absolute Gasteiger partial charge is 0.502 e. The highest BCUT2D eigenvalue weighted by molar-refractivity contribution is 5.61. The predicted octanol–water partition coefficient (Wildman–Crippen LogP) is 3.88. The number of phenols is 3. The fraction of sp³-hybridized carbons (Fsp3) is 0.100. The van der Waals surface area contributed by atoms with E-state index in [1.807, 2.05) is 0 Å². The van der Waals surface area contributed by atoms with Crippen molar-refractivity contribution in [1.29, 1.82) is 0 Å². The molecular weight excluding hydrogens is 426 g/mol. The highest BCUT2D eigenvalue weighted by atomic mass is 16.6. The molecule has 3 N–H and O–H groups in total. The molecule has 0 aromatic heterocycles. The van der Waals surface area contributed by atoms with E-state index < -0.39 is 54.5 Å². The molecule has 12 heteroatoms. The standard InChI is InChI=1S/C20H15N3O9/c1-20(11-2-5-17(24)14(8-11)21(27)28,12-3-6-18(25)15(9-12)22(29)30)13-4-7-19(26)16(10-13)23(31)32/h2-10,24-26H,1H3. The Kier molecular flexibility index (Phi) is 5.37. The van der Waals surface area contributed by atoms with Gasteiger partial charge in [0.15, 0.2) is 17.2 Å². The summed E-state index contributed by atoms with van der Waals surface area (Å²) in [6.45, 7) is 1.51. The van der Waals surface area contributed by atoms with Crippen molar-refractivity contribution in [2.24, 2.45) is 0 Å².